The van der Waals surface area contributed by atoms with Crippen molar-refractivity contribution in [2.24, 2.45) is 5.92 Å². The molecule has 1 aliphatic heterocycles. The van der Waals surface area contributed by atoms with Crippen LogP contribution >= 0.6 is 15.9 Å². The molecule has 1 saturated heterocycles. The Labute approximate surface area is 250 Å². The summed E-state index contributed by atoms with van der Waals surface area (Å²) in [5.41, 5.74) is 2.64. The van der Waals surface area contributed by atoms with E-state index in [0.29, 0.717) is 55.0 Å². The highest BCUT2D eigenvalue weighted by atomic mass is 79.9. The summed E-state index contributed by atoms with van der Waals surface area (Å²) in [7, 11) is 0. The number of aromatic nitrogens is 4. The van der Waals surface area contributed by atoms with Crippen molar-refractivity contribution in [1.29, 1.82) is 0 Å². The Balaban J connectivity index is 1.23. The zero-order chi connectivity index (χ0) is 29.8. The molecule has 1 fully saturated rings. The first-order valence-corrected chi connectivity index (χ1v) is 14.5. The number of nitrogens with one attached hydrogen (secondary N) is 4. The van der Waals surface area contributed by atoms with Crippen LogP contribution < -0.4 is 15.4 Å². The number of carbonyl (C=O) groups excluding carboxylic acids is 3. The quantitative estimate of drug-likeness (QED) is 0.199. The fourth-order valence-electron chi connectivity index (χ4n) is 4.55. The standard InChI is InChI=1S/C29H32BrN7O5/c1-16(2)14-41-29(40)37-11-9-19(10-12-37)42-22-6-4-5-20-23(22)35-28(34-20)36-27(39)25-24(31-15-32-25)26(38)33-21-13-18(30)8-7-17(21)3/h4-8,13,15-16,19H,9-12,14H2,1-3H3,(H,31,32)(H,33,38)(H2,34,35,36,39). The normalized spacial score (nSPS) is 13.8. The number of aryl methyl sites for hydroxylation is 1. The SMILES string of the molecule is Cc1ccc(Br)cc1NC(=O)c1[nH]cnc1C(=O)Nc1nc2cccc(OC3CCN(C(=O)OCC(C)C)CC3)c2[nH]1. The number of ether oxygens (including phenoxy) is 2. The van der Waals surface area contributed by atoms with E-state index in [-0.39, 0.29) is 35.5 Å². The molecule has 2 aromatic carbocycles. The summed E-state index contributed by atoms with van der Waals surface area (Å²) in [6.07, 6.45) is 2.23. The molecule has 3 amide bonds. The Morgan fingerprint density at radius 3 is 2.67 bits per heavy atom. The number of aromatic amines is 2. The molecule has 0 spiro atoms. The van der Waals surface area contributed by atoms with E-state index in [1.807, 2.05) is 45.0 Å². The van der Waals surface area contributed by atoms with E-state index < -0.39 is 11.8 Å². The fraction of sp³-hybridized carbons (Fsp3) is 0.345. The highest BCUT2D eigenvalue weighted by molar-refractivity contribution is 9.10. The number of fused-ring (bicyclic) bond motifs is 1. The number of halogens is 1. The van der Waals surface area contributed by atoms with Crippen molar-refractivity contribution >= 4 is 56.5 Å². The van der Waals surface area contributed by atoms with Crippen molar-refractivity contribution in [3.05, 3.63) is 64.1 Å². The number of hydrogen-bond donors (Lipinski definition) is 4. The molecule has 0 atom stereocenters. The van der Waals surface area contributed by atoms with E-state index in [4.69, 9.17) is 9.47 Å². The van der Waals surface area contributed by atoms with Crippen LogP contribution in [-0.4, -0.2) is 68.5 Å². The first kappa shape index (κ1) is 29.1. The Morgan fingerprint density at radius 2 is 1.90 bits per heavy atom. The molecular weight excluding hydrogens is 606 g/mol. The number of benzene rings is 2. The van der Waals surface area contributed by atoms with Gasteiger partial charge in [-0.3, -0.25) is 14.9 Å². The maximum atomic E-state index is 13.1. The first-order valence-electron chi connectivity index (χ1n) is 13.7. The molecule has 0 aliphatic carbocycles. The number of anilines is 2. The number of para-hydroxylation sites is 1. The van der Waals surface area contributed by atoms with E-state index in [2.05, 4.69) is 46.5 Å². The molecule has 2 aromatic heterocycles. The minimum absolute atomic E-state index is 0.0199. The maximum Gasteiger partial charge on any atom is 0.409 e. The van der Waals surface area contributed by atoms with Crippen LogP contribution in [-0.2, 0) is 4.74 Å². The number of H-pyrrole nitrogens is 2. The van der Waals surface area contributed by atoms with Crippen molar-refractivity contribution in [2.45, 2.75) is 39.7 Å². The number of hydrogen-bond acceptors (Lipinski definition) is 7. The van der Waals surface area contributed by atoms with Gasteiger partial charge in [0.25, 0.3) is 11.8 Å². The third-order valence-corrected chi connectivity index (χ3v) is 7.27. The largest absolute Gasteiger partial charge is 0.488 e. The Bertz CT molecular complexity index is 1610. The van der Waals surface area contributed by atoms with E-state index in [1.165, 1.54) is 6.33 Å². The Hall–Kier alpha value is -4.39. The summed E-state index contributed by atoms with van der Waals surface area (Å²) in [6, 6.07) is 11.0. The molecule has 0 radical (unpaired) electrons. The topological polar surface area (TPSA) is 154 Å². The second-order valence-corrected chi connectivity index (χ2v) is 11.4. The Morgan fingerprint density at radius 1 is 1.12 bits per heavy atom. The number of likely N-dealkylation sites (tertiary alicyclic amines) is 1. The van der Waals surface area contributed by atoms with E-state index in [9.17, 15) is 14.4 Å². The second-order valence-electron chi connectivity index (χ2n) is 10.5. The molecular formula is C29H32BrN7O5. The van der Waals surface area contributed by atoms with Crippen LogP contribution in [0.5, 0.6) is 5.75 Å². The molecule has 220 valence electrons. The highest BCUT2D eigenvalue weighted by Gasteiger charge is 2.26. The van der Waals surface area contributed by atoms with Gasteiger partial charge in [-0.25, -0.2) is 14.8 Å². The average molecular weight is 639 g/mol. The molecule has 13 heteroatoms. The lowest BCUT2D eigenvalue weighted by Gasteiger charge is -2.31. The lowest BCUT2D eigenvalue weighted by atomic mass is 10.1. The molecule has 3 heterocycles. The maximum absolute atomic E-state index is 13.1. The third-order valence-electron chi connectivity index (χ3n) is 6.78. The van der Waals surface area contributed by atoms with Gasteiger partial charge in [-0.05, 0) is 42.7 Å². The summed E-state index contributed by atoms with van der Waals surface area (Å²) >= 11 is 3.40. The lowest BCUT2D eigenvalue weighted by Crippen LogP contribution is -2.42. The van der Waals surface area contributed by atoms with Crippen LogP contribution in [0.3, 0.4) is 0 Å². The summed E-state index contributed by atoms with van der Waals surface area (Å²) in [4.78, 5) is 54.4. The van der Waals surface area contributed by atoms with Crippen molar-refractivity contribution in [3.63, 3.8) is 0 Å². The summed E-state index contributed by atoms with van der Waals surface area (Å²) in [5.74, 6) is -0.0486. The van der Waals surface area contributed by atoms with Gasteiger partial charge in [0.05, 0.1) is 18.5 Å². The van der Waals surface area contributed by atoms with Crippen LogP contribution in [0.4, 0.5) is 16.4 Å². The average Bonchev–Trinajstić information content (AvgIpc) is 3.62. The molecule has 5 rings (SSSR count). The number of rotatable bonds is 8. The highest BCUT2D eigenvalue weighted by Crippen LogP contribution is 2.28. The van der Waals surface area contributed by atoms with Gasteiger partial charge in [0.2, 0.25) is 5.95 Å². The van der Waals surface area contributed by atoms with Crippen LogP contribution in [0.2, 0.25) is 0 Å². The Kier molecular flexibility index (Phi) is 8.76. The summed E-state index contributed by atoms with van der Waals surface area (Å²) in [6.45, 7) is 7.36. The molecule has 4 N–H and O–H groups in total. The van der Waals surface area contributed by atoms with Crippen LogP contribution in [0.15, 0.2) is 47.2 Å². The van der Waals surface area contributed by atoms with Crippen LogP contribution in [0, 0.1) is 12.8 Å². The predicted molar refractivity (Wildman–Crippen MR) is 161 cm³/mol. The lowest BCUT2D eigenvalue weighted by molar-refractivity contribution is 0.0621. The van der Waals surface area contributed by atoms with Gasteiger partial charge in [-0.15, -0.1) is 0 Å². The molecule has 4 aromatic rings. The number of imidazole rings is 2. The fourth-order valence-corrected chi connectivity index (χ4v) is 4.91. The number of piperidine rings is 1. The van der Waals surface area contributed by atoms with Gasteiger partial charge in [0, 0.05) is 36.1 Å². The van der Waals surface area contributed by atoms with Crippen molar-refractivity contribution in [3.8, 4) is 5.75 Å². The zero-order valence-electron chi connectivity index (χ0n) is 23.5. The molecule has 0 saturated carbocycles. The van der Waals surface area contributed by atoms with E-state index in [1.54, 1.807) is 17.0 Å². The molecule has 0 bridgehead atoms. The van der Waals surface area contributed by atoms with Gasteiger partial charge < -0.3 is 29.7 Å². The van der Waals surface area contributed by atoms with Gasteiger partial charge >= 0.3 is 6.09 Å². The van der Waals surface area contributed by atoms with Crippen molar-refractivity contribution in [1.82, 2.24) is 24.8 Å². The summed E-state index contributed by atoms with van der Waals surface area (Å²) in [5, 5.41) is 5.50. The molecule has 12 nitrogen and oxygen atoms in total. The van der Waals surface area contributed by atoms with Gasteiger partial charge in [-0.1, -0.05) is 41.9 Å². The second kappa shape index (κ2) is 12.6. The number of nitrogens with zero attached hydrogens (tertiary/aromatic N) is 3. The van der Waals surface area contributed by atoms with Crippen molar-refractivity contribution < 1.29 is 23.9 Å². The van der Waals surface area contributed by atoms with Gasteiger partial charge in [0.1, 0.15) is 23.1 Å². The first-order chi connectivity index (χ1) is 20.2. The number of carbonyl (C=O) groups is 3. The van der Waals surface area contributed by atoms with Gasteiger partial charge in [0.15, 0.2) is 5.69 Å². The minimum atomic E-state index is -0.606. The van der Waals surface area contributed by atoms with Crippen LogP contribution in [0.1, 0.15) is 53.2 Å². The van der Waals surface area contributed by atoms with E-state index >= 15 is 0 Å². The van der Waals surface area contributed by atoms with E-state index in [0.717, 1.165) is 10.0 Å². The molecule has 42 heavy (non-hydrogen) atoms. The number of amides is 3. The third kappa shape index (κ3) is 6.73. The molecule has 1 aliphatic rings. The predicted octanol–water partition coefficient (Wildman–Crippen LogP) is 5.50. The molecule has 0 unspecified atom stereocenters. The monoisotopic (exact) mass is 637 g/mol. The van der Waals surface area contributed by atoms with Crippen LogP contribution in [0.25, 0.3) is 11.0 Å². The van der Waals surface area contributed by atoms with Gasteiger partial charge in [-0.2, -0.15) is 0 Å². The summed E-state index contributed by atoms with van der Waals surface area (Å²) < 4.78 is 12.4. The zero-order valence-corrected chi connectivity index (χ0v) is 25.1. The smallest absolute Gasteiger partial charge is 0.409 e. The van der Waals surface area contributed by atoms with Crippen molar-refractivity contribution in [2.75, 3.05) is 30.3 Å². The minimum Gasteiger partial charge on any atom is -0.488 e.